The number of ketones is 4. The van der Waals surface area contributed by atoms with Crippen LogP contribution in [0.25, 0.3) is 10.9 Å². The zero-order chi connectivity index (χ0) is 73.9. The first-order valence-electron chi connectivity index (χ1n) is 33.6. The number of aryl methyl sites for hydroxylation is 2. The van der Waals surface area contributed by atoms with Crippen LogP contribution in [0.15, 0.2) is 41.7 Å². The van der Waals surface area contributed by atoms with Crippen LogP contribution in [0.5, 0.6) is 0 Å². The van der Waals surface area contributed by atoms with E-state index in [1.54, 1.807) is 96.9 Å². The lowest BCUT2D eigenvalue weighted by Gasteiger charge is -2.34. The van der Waals surface area contributed by atoms with Crippen molar-refractivity contribution < 1.29 is 62.3 Å². The van der Waals surface area contributed by atoms with Gasteiger partial charge in [-0.15, -0.1) is 5.10 Å². The van der Waals surface area contributed by atoms with Gasteiger partial charge < -0.3 is 70.9 Å². The molecule has 1 aliphatic heterocycles. The van der Waals surface area contributed by atoms with E-state index < -0.39 is 161 Å². The summed E-state index contributed by atoms with van der Waals surface area (Å²) >= 11 is 0. The Labute approximate surface area is 576 Å². The number of para-hydroxylation sites is 1. The minimum Gasteiger partial charge on any atom is -0.370 e. The monoisotopic (exact) mass is 1390 g/mol. The van der Waals surface area contributed by atoms with E-state index >= 15 is 4.79 Å². The summed E-state index contributed by atoms with van der Waals surface area (Å²) in [6.07, 6.45) is 2.85. The van der Waals surface area contributed by atoms with Gasteiger partial charge in [-0.05, 0) is 121 Å². The number of hydrazine groups is 2. The number of aromatic amines is 1. The Bertz CT molecular complexity index is 3350. The normalized spacial score (nSPS) is 23.4. The predicted molar refractivity (Wildman–Crippen MR) is 366 cm³/mol. The minimum absolute atomic E-state index is 0.000216. The molecular weight excluding hydrogens is 1280 g/mol. The predicted octanol–water partition coefficient (Wildman–Crippen LogP) is -2.68. The van der Waals surface area contributed by atoms with Crippen molar-refractivity contribution in [2.75, 3.05) is 13.6 Å². The van der Waals surface area contributed by atoms with Crippen LogP contribution in [0.4, 0.5) is 0 Å². The molecule has 3 heterocycles. The molecule has 0 fully saturated rings. The van der Waals surface area contributed by atoms with Crippen LogP contribution in [-0.4, -0.2) is 175 Å². The molecule has 1 aliphatic rings. The van der Waals surface area contributed by atoms with Gasteiger partial charge in [0.05, 0.1) is 48.2 Å². The maximum atomic E-state index is 15.1. The summed E-state index contributed by atoms with van der Waals surface area (Å²) < 4.78 is 1.62. The molecule has 2 unspecified atom stereocenters. The Balaban J connectivity index is 1.89. The van der Waals surface area contributed by atoms with E-state index in [2.05, 4.69) is 73.8 Å². The van der Waals surface area contributed by atoms with Crippen molar-refractivity contribution in [3.8, 4) is 0 Å². The number of primary amides is 3. The molecule has 9 amide bonds. The number of nitrogens with one attached hydrogen (secondary N) is 11. The second-order valence-corrected chi connectivity index (χ2v) is 27.1. The number of benzene rings is 1. The number of guanidine groups is 1. The smallest absolute Gasteiger partial charge is 0.243 e. The number of hydrogen-bond acceptors (Lipinski definition) is 21. The molecule has 2 bridgehead atoms. The number of rotatable bonds is 26. The Morgan fingerprint density at radius 2 is 1.26 bits per heavy atom. The summed E-state index contributed by atoms with van der Waals surface area (Å²) in [5, 5.41) is 28.5. The van der Waals surface area contributed by atoms with Crippen molar-refractivity contribution in [2.45, 2.75) is 231 Å². The van der Waals surface area contributed by atoms with E-state index in [9.17, 15) is 57.5 Å². The molecular formula is C65H105N21O13. The first-order chi connectivity index (χ1) is 46.6. The zero-order valence-electron chi connectivity index (χ0n) is 58.3. The number of likely N-dealkylation sites (N-methyl/N-ethyl adjacent to an activating group) is 1. The van der Waals surface area contributed by atoms with Crippen molar-refractivity contribution >= 4 is 93.2 Å². The van der Waals surface area contributed by atoms with Gasteiger partial charge in [0.2, 0.25) is 76.3 Å². The lowest BCUT2D eigenvalue weighted by Crippen LogP contribution is -2.65. The van der Waals surface area contributed by atoms with Crippen LogP contribution >= 0.6 is 0 Å². The number of Topliss-reactive ketones (excluding diaryl/α,β-unsaturated/α-hetero) is 4. The van der Waals surface area contributed by atoms with Gasteiger partial charge in [0.25, 0.3) is 0 Å². The Kier molecular flexibility index (Phi) is 32.8. The van der Waals surface area contributed by atoms with Gasteiger partial charge in [-0.2, -0.15) is 0 Å². The number of nitrogens with two attached hydrogens (primary N) is 6. The number of aliphatic imine (C=N–C) groups is 1. The van der Waals surface area contributed by atoms with Crippen LogP contribution < -0.4 is 88.0 Å². The van der Waals surface area contributed by atoms with Gasteiger partial charge in [-0.1, -0.05) is 77.8 Å². The number of H-pyrrole nitrogens is 1. The van der Waals surface area contributed by atoms with Gasteiger partial charge in [0.15, 0.2) is 5.96 Å². The molecule has 34 nitrogen and oxygen atoms in total. The van der Waals surface area contributed by atoms with E-state index in [0.29, 0.717) is 48.0 Å². The lowest BCUT2D eigenvalue weighted by atomic mass is 9.90. The average molecular weight is 1390 g/mol. The summed E-state index contributed by atoms with van der Waals surface area (Å²) in [6, 6.07) is -5.01. The van der Waals surface area contributed by atoms with E-state index in [1.165, 1.54) is 6.92 Å². The van der Waals surface area contributed by atoms with Crippen molar-refractivity contribution in [1.82, 2.24) is 73.5 Å². The third-order valence-corrected chi connectivity index (χ3v) is 17.1. The van der Waals surface area contributed by atoms with E-state index in [1.807, 2.05) is 0 Å². The maximum absolute atomic E-state index is 15.1. The van der Waals surface area contributed by atoms with Crippen LogP contribution in [-0.2, 0) is 81.7 Å². The van der Waals surface area contributed by atoms with Gasteiger partial charge in [0.1, 0.15) is 29.7 Å². The Morgan fingerprint density at radius 1 is 0.677 bits per heavy atom. The maximum Gasteiger partial charge on any atom is 0.243 e. The minimum atomic E-state index is -1.84. The molecule has 0 saturated heterocycles. The molecule has 0 aliphatic carbocycles. The molecule has 2 aromatic heterocycles. The SMILES string of the molecule is CN[C@]1(C)CCCCCn2cc(nn2)CCC[C@@](C)(C(=O)N[C@@H](CCC(N)=O)C(=O)C(=O)[C@H](CC(N)=O)NN)NN[C@H](CC(C)C)C(=O)C(=O)[C@H](CC(C)C)NC(=O)C(CCCN=C(N)N)NC(=O)[C@H](Cc2c[nH]c3ccccc23)NC(=O)C(CC(C)C)NC(=O)[C@H](CC(N)=O)NC1=O. The number of fused-ring (bicyclic) bond motifs is 3. The Hall–Kier alpha value is -9.12. The highest BCUT2D eigenvalue weighted by Crippen LogP contribution is 2.23. The van der Waals surface area contributed by atoms with Gasteiger partial charge in [-0.25, -0.2) is 16.3 Å². The van der Waals surface area contributed by atoms with Crippen molar-refractivity contribution in [1.29, 1.82) is 0 Å². The van der Waals surface area contributed by atoms with E-state index in [-0.39, 0.29) is 94.5 Å². The second-order valence-electron chi connectivity index (χ2n) is 27.1. The topological polar surface area (TPSA) is 557 Å². The van der Waals surface area contributed by atoms with Gasteiger partial charge in [0, 0.05) is 49.2 Å². The average Bonchev–Trinajstić information content (AvgIpc) is 1.27. The number of carbonyl (C=O) groups is 13. The summed E-state index contributed by atoms with van der Waals surface area (Å²) in [6.45, 7) is 14.1. The molecule has 34 heteroatoms. The largest absolute Gasteiger partial charge is 0.370 e. The molecule has 23 N–H and O–H groups in total. The zero-order valence-corrected chi connectivity index (χ0v) is 58.3. The molecule has 99 heavy (non-hydrogen) atoms. The highest BCUT2D eigenvalue weighted by Gasteiger charge is 2.42. The molecule has 0 saturated carbocycles. The summed E-state index contributed by atoms with van der Waals surface area (Å²) in [7, 11) is 1.57. The molecule has 0 spiro atoms. The number of carbonyl (C=O) groups excluding carboxylic acids is 13. The van der Waals surface area contributed by atoms with Crippen molar-refractivity contribution in [3.05, 3.63) is 47.9 Å². The fourth-order valence-electron chi connectivity index (χ4n) is 11.4. The second kappa shape index (κ2) is 39.5. The van der Waals surface area contributed by atoms with Gasteiger partial charge in [-0.3, -0.25) is 77.8 Å². The molecule has 3 aromatic rings. The van der Waals surface area contributed by atoms with Crippen LogP contribution in [0, 0.1) is 17.8 Å². The Morgan fingerprint density at radius 3 is 1.89 bits per heavy atom. The van der Waals surface area contributed by atoms with Crippen LogP contribution in [0.3, 0.4) is 0 Å². The van der Waals surface area contributed by atoms with Crippen LogP contribution in [0.1, 0.15) is 163 Å². The third-order valence-electron chi connectivity index (χ3n) is 17.1. The summed E-state index contributed by atoms with van der Waals surface area (Å²) in [4.78, 5) is 189. The molecule has 4 rings (SSSR count). The molecule has 1 aromatic carbocycles. The number of hydrogen-bond donors (Lipinski definition) is 17. The fraction of sp³-hybridized carbons (Fsp3) is 0.631. The lowest BCUT2D eigenvalue weighted by molar-refractivity contribution is -0.142. The first-order valence-corrected chi connectivity index (χ1v) is 33.6. The number of nitrogens with zero attached hydrogens (tertiary/aromatic N) is 4. The van der Waals surface area contributed by atoms with Crippen molar-refractivity contribution in [3.63, 3.8) is 0 Å². The molecule has 548 valence electrons. The van der Waals surface area contributed by atoms with E-state index in [4.69, 9.17) is 34.5 Å². The van der Waals surface area contributed by atoms with Crippen LogP contribution in [0.2, 0.25) is 0 Å². The quantitative estimate of drug-likeness (QED) is 0.00973. The molecule has 10 atom stereocenters. The highest BCUT2D eigenvalue weighted by atomic mass is 16.2. The summed E-state index contributed by atoms with van der Waals surface area (Å²) in [5.74, 6) is -8.16. The number of aromatic nitrogens is 4. The molecule has 0 radical (unpaired) electrons. The van der Waals surface area contributed by atoms with E-state index in [0.717, 1.165) is 0 Å². The number of amides is 9. The third kappa shape index (κ3) is 26.6. The summed E-state index contributed by atoms with van der Waals surface area (Å²) in [5.41, 5.74) is 34.3. The van der Waals surface area contributed by atoms with Gasteiger partial charge >= 0.3 is 0 Å². The fourth-order valence-corrected chi connectivity index (χ4v) is 11.4. The van der Waals surface area contributed by atoms with Crippen molar-refractivity contribution in [2.24, 2.45) is 57.3 Å². The first kappa shape index (κ1) is 82.3. The standard InChI is InChI=1S/C65H105N21O13/c1-35(2)27-44-54(91)56(93)46(28-36(3)4)83-84-65(8,62(99)79-42(21-22-50(66)87)53(90)55(92)45(81-71)31-51(67)88)24-15-17-39-34-86(85-82-39)26-14-10-13-23-64(7,72-9)61(98)80-49(32-52(68)89)60(97)77-47(29-37(5)6)58(95)78-48(30-38-33-74-41-19-12-11-18-40(38)41)59(96)75-43(57(94)76-44)20-16-25-73-63(69)70/h11-12,18-19,33-37,42-49,72,74,81,83-84H,10,13-17,20-32,71H2,1-9H3,(H2,66,87)(H2,67,88)(H2,68,89)(H,75,96)(H,76,94)(H,77,97)(H,78,95)(H,79,99)(H,80,98)(H4,69,70,73)/t42-,43?,44-,45-,46+,47?,48-,49-,64+,65-/m0/s1. The highest BCUT2D eigenvalue weighted by molar-refractivity contribution is 6.42.